The number of hydrogen-bond donors (Lipinski definition) is 2. The average Bonchev–Trinajstić information content (AvgIpc) is 2.64. The lowest BCUT2D eigenvalue weighted by molar-refractivity contribution is -0.184. The first-order valence-corrected chi connectivity index (χ1v) is 11.0. The molecule has 2 aliphatic carbocycles. The monoisotopic (exact) mass is 395 g/mol. The molecule has 5 heteroatoms. The molecule has 0 spiro atoms. The molecular weight excluding hydrogens is 359 g/mol. The Morgan fingerprint density at radius 3 is 2.72 bits per heavy atom. The Morgan fingerprint density at radius 2 is 2.03 bits per heavy atom. The molecule has 1 heterocycles. The molecule has 0 aromatic heterocycles. The van der Waals surface area contributed by atoms with Crippen molar-refractivity contribution in [1.82, 2.24) is 10.1 Å². The Labute approximate surface area is 177 Å². The van der Waals surface area contributed by atoms with Crippen LogP contribution < -0.4 is 5.23 Å². The van der Waals surface area contributed by atoms with E-state index in [4.69, 9.17) is 4.74 Å². The molecule has 2 N–H and O–H groups in total. The van der Waals surface area contributed by atoms with Crippen LogP contribution in [0.1, 0.15) is 56.7 Å². The zero-order valence-corrected chi connectivity index (χ0v) is 18.9. The van der Waals surface area contributed by atoms with Crippen molar-refractivity contribution in [1.29, 1.82) is 0 Å². The third kappa shape index (κ3) is 2.55. The minimum Gasteiger partial charge on any atom is -0.508 e. The Hall–Kier alpha value is -1.62. The summed E-state index contributed by atoms with van der Waals surface area (Å²) in [6.07, 6.45) is 4.36. The van der Waals surface area contributed by atoms with E-state index in [9.17, 15) is 5.11 Å². The fourth-order valence-electron chi connectivity index (χ4n) is 7.48. The van der Waals surface area contributed by atoms with Gasteiger partial charge in [0.1, 0.15) is 11.9 Å². The third-order valence-electron chi connectivity index (χ3n) is 8.87. The van der Waals surface area contributed by atoms with E-state index < -0.39 is 0 Å². The van der Waals surface area contributed by atoms with Gasteiger partial charge >= 0.3 is 0 Å². The molecule has 1 aliphatic heterocycles. The van der Waals surface area contributed by atoms with Crippen molar-refractivity contribution in [2.75, 3.05) is 13.6 Å². The molecule has 2 unspecified atom stereocenters. The van der Waals surface area contributed by atoms with Gasteiger partial charge < -0.3 is 20.0 Å². The quantitative estimate of drug-likeness (QED) is 0.594. The number of ether oxygens (including phenoxy) is 1. The van der Waals surface area contributed by atoms with Crippen LogP contribution in [0.15, 0.2) is 24.6 Å². The molecule has 1 aromatic carbocycles. The van der Waals surface area contributed by atoms with Crippen LogP contribution in [0, 0.1) is 17.8 Å². The number of likely N-dealkylation sites (tertiary alicyclic amines) is 1. The van der Waals surface area contributed by atoms with Gasteiger partial charge in [0.2, 0.25) is 7.41 Å². The van der Waals surface area contributed by atoms with Gasteiger partial charge in [0, 0.05) is 16.9 Å². The van der Waals surface area contributed by atoms with E-state index in [2.05, 4.69) is 57.5 Å². The summed E-state index contributed by atoms with van der Waals surface area (Å²) in [5.74, 6) is 1.04. The van der Waals surface area contributed by atoms with Gasteiger partial charge in [0.05, 0.1) is 0 Å². The molecule has 2 fully saturated rings. The number of phenolic OH excluding ortho intramolecular Hbond substituents is 1. The Bertz CT molecular complexity index is 838. The first-order valence-electron chi connectivity index (χ1n) is 11.0. The van der Waals surface area contributed by atoms with Crippen LogP contribution in [0.4, 0.5) is 0 Å². The number of benzene rings is 1. The molecule has 29 heavy (non-hydrogen) atoms. The van der Waals surface area contributed by atoms with Crippen molar-refractivity contribution in [3.8, 4) is 5.75 Å². The van der Waals surface area contributed by atoms with E-state index in [0.717, 1.165) is 37.8 Å². The van der Waals surface area contributed by atoms with Crippen molar-refractivity contribution in [2.24, 2.45) is 10.8 Å². The number of nitrogens with one attached hydrogen (secondary N) is 1. The largest absolute Gasteiger partial charge is 0.508 e. The van der Waals surface area contributed by atoms with E-state index in [1.54, 1.807) is 0 Å². The predicted molar refractivity (Wildman–Crippen MR) is 119 cm³/mol. The van der Waals surface area contributed by atoms with E-state index in [1.807, 2.05) is 20.3 Å². The van der Waals surface area contributed by atoms with Gasteiger partial charge in [-0.2, -0.15) is 0 Å². The molecule has 157 valence electrons. The molecule has 3 aliphatic rings. The zero-order valence-electron chi connectivity index (χ0n) is 18.9. The van der Waals surface area contributed by atoms with Gasteiger partial charge in [-0.25, -0.2) is 0 Å². The van der Waals surface area contributed by atoms with Crippen LogP contribution in [-0.2, 0) is 16.6 Å². The molecule has 1 aromatic rings. The van der Waals surface area contributed by atoms with E-state index in [-0.39, 0.29) is 22.3 Å². The van der Waals surface area contributed by atoms with E-state index >= 15 is 0 Å². The number of nitrogens with zero attached hydrogens (tertiary/aromatic N) is 1. The molecular formula is C24H36BN2O2. The van der Waals surface area contributed by atoms with Crippen molar-refractivity contribution < 1.29 is 9.84 Å². The van der Waals surface area contributed by atoms with Crippen LogP contribution in [-0.4, -0.2) is 43.2 Å². The van der Waals surface area contributed by atoms with Crippen molar-refractivity contribution in [2.45, 2.75) is 77.8 Å². The summed E-state index contributed by atoms with van der Waals surface area (Å²) in [6.45, 7) is 16.5. The van der Waals surface area contributed by atoms with Crippen LogP contribution in [0.2, 0.25) is 6.82 Å². The topological polar surface area (TPSA) is 44.7 Å². The van der Waals surface area contributed by atoms with Crippen LogP contribution >= 0.6 is 0 Å². The lowest BCUT2D eigenvalue weighted by atomic mass is 9.36. The highest BCUT2D eigenvalue weighted by molar-refractivity contribution is 6.30. The molecule has 1 saturated heterocycles. The third-order valence-corrected chi connectivity index (χ3v) is 8.87. The predicted octanol–water partition coefficient (Wildman–Crippen LogP) is 4.14. The summed E-state index contributed by atoms with van der Waals surface area (Å²) < 4.78 is 6.43. The minimum atomic E-state index is -0.106. The number of aromatic hydroxyl groups is 1. The SMILES string of the molecule is C=C(N[B]C)OC1CCC2(C)[C@@H]3Cc4ccc(O)c(C)c4[C@@]2(CCN3C)C1(C)C. The highest BCUT2D eigenvalue weighted by Gasteiger charge is 2.70. The van der Waals surface area contributed by atoms with Crippen LogP contribution in [0.5, 0.6) is 5.75 Å². The minimum absolute atomic E-state index is 0.0489. The van der Waals surface area contributed by atoms with Crippen LogP contribution in [0.25, 0.3) is 0 Å². The number of likely N-dealkylation sites (N-methyl/N-ethyl adjacent to an activating group) is 1. The lowest BCUT2D eigenvalue weighted by Gasteiger charge is -2.71. The Morgan fingerprint density at radius 1 is 1.31 bits per heavy atom. The first-order chi connectivity index (χ1) is 13.6. The fraction of sp³-hybridized carbons (Fsp3) is 0.667. The van der Waals surface area contributed by atoms with Gasteiger partial charge in [0.15, 0.2) is 5.88 Å². The molecule has 1 saturated carbocycles. The Balaban J connectivity index is 1.92. The van der Waals surface area contributed by atoms with Crippen molar-refractivity contribution in [3.63, 3.8) is 0 Å². The number of phenols is 1. The molecule has 2 bridgehead atoms. The Kier molecular flexibility index (Phi) is 4.77. The maximum atomic E-state index is 10.7. The van der Waals surface area contributed by atoms with E-state index in [1.165, 1.54) is 11.1 Å². The highest BCUT2D eigenvalue weighted by atomic mass is 16.5. The van der Waals surface area contributed by atoms with Crippen molar-refractivity contribution >= 4 is 7.41 Å². The second-order valence-corrected chi connectivity index (χ2v) is 10.2. The number of rotatable bonds is 4. The first kappa shape index (κ1) is 20.6. The van der Waals surface area contributed by atoms with Gasteiger partial charge in [-0.3, -0.25) is 0 Å². The van der Waals surface area contributed by atoms with Gasteiger partial charge in [-0.15, -0.1) is 0 Å². The number of hydrogen-bond acceptors (Lipinski definition) is 4. The van der Waals surface area contributed by atoms with Gasteiger partial charge in [-0.1, -0.05) is 33.7 Å². The summed E-state index contributed by atoms with van der Waals surface area (Å²) in [5, 5.41) is 13.8. The molecule has 4 nitrogen and oxygen atoms in total. The fourth-order valence-corrected chi connectivity index (χ4v) is 7.48. The van der Waals surface area contributed by atoms with Gasteiger partial charge in [0.25, 0.3) is 0 Å². The number of fused-ring (bicyclic) bond motifs is 1. The zero-order chi connectivity index (χ0) is 21.2. The maximum absolute atomic E-state index is 10.7. The second kappa shape index (κ2) is 6.70. The second-order valence-electron chi connectivity index (χ2n) is 10.2. The lowest BCUT2D eigenvalue weighted by Crippen LogP contribution is -2.73. The standard InChI is InChI=1S/C24H36BN2O2/c1-15-18(28)9-8-17-14-19-23(5)11-10-20(29-16(2)26-25-6)22(3,4)24(23,21(15)17)12-13-27(19)7/h8-9,19-20,26,28H,2,10-14H2,1,3-7H3/t19-,20?,23?,24-/m0/s1. The summed E-state index contributed by atoms with van der Waals surface area (Å²) in [7, 11) is 4.15. The molecule has 1 radical (unpaired) electrons. The highest BCUT2D eigenvalue weighted by Crippen LogP contribution is 2.70. The van der Waals surface area contributed by atoms with Gasteiger partial charge in [-0.05, 0) is 81.0 Å². The smallest absolute Gasteiger partial charge is 0.243 e. The van der Waals surface area contributed by atoms with Crippen LogP contribution in [0.3, 0.4) is 0 Å². The van der Waals surface area contributed by atoms with Crippen molar-refractivity contribution in [3.05, 3.63) is 41.3 Å². The molecule has 4 atom stereocenters. The normalized spacial score (nSPS) is 35.2. The summed E-state index contributed by atoms with van der Waals surface area (Å²) in [6, 6.07) is 4.56. The summed E-state index contributed by atoms with van der Waals surface area (Å²) >= 11 is 0. The molecule has 0 amide bonds. The maximum Gasteiger partial charge on any atom is 0.243 e. The summed E-state index contributed by atoms with van der Waals surface area (Å²) in [5.41, 5.74) is 3.84. The van der Waals surface area contributed by atoms with E-state index in [0.29, 0.717) is 17.7 Å². The summed E-state index contributed by atoms with van der Waals surface area (Å²) in [4.78, 5) is 2.58. The molecule has 4 rings (SSSR count). The number of piperidine rings is 1. The average molecular weight is 395 g/mol.